The number of benzene rings is 1. The van der Waals surface area contributed by atoms with Gasteiger partial charge in [-0.05, 0) is 24.5 Å². The molecule has 0 atom stereocenters. The van der Waals surface area contributed by atoms with Crippen LogP contribution in [0.5, 0.6) is 5.75 Å². The van der Waals surface area contributed by atoms with Crippen LogP contribution >= 0.6 is 35.0 Å². The topological polar surface area (TPSA) is 64.1 Å². The molecule has 0 aliphatic carbocycles. The van der Waals surface area contributed by atoms with Gasteiger partial charge in [-0.15, -0.1) is 0 Å². The quantitative estimate of drug-likeness (QED) is 0.488. The minimum absolute atomic E-state index is 0.156. The summed E-state index contributed by atoms with van der Waals surface area (Å²) in [5.74, 6) is 0.281. The van der Waals surface area contributed by atoms with E-state index in [0.717, 1.165) is 0 Å². The van der Waals surface area contributed by atoms with Crippen molar-refractivity contribution in [1.29, 1.82) is 0 Å². The van der Waals surface area contributed by atoms with Crippen molar-refractivity contribution in [2.45, 2.75) is 5.16 Å². The predicted octanol–water partition coefficient (Wildman–Crippen LogP) is 3.31. The molecule has 1 N–H and O–H groups in total. The second kappa shape index (κ2) is 8.22. The number of amides is 1. The molecule has 2 rings (SSSR count). The van der Waals surface area contributed by atoms with Crippen LogP contribution < -0.4 is 10.1 Å². The second-order valence-electron chi connectivity index (χ2n) is 4.11. The summed E-state index contributed by atoms with van der Waals surface area (Å²) >= 11 is 13.1. The first-order valence-electron chi connectivity index (χ1n) is 6.33. The van der Waals surface area contributed by atoms with E-state index in [0.29, 0.717) is 29.1 Å². The van der Waals surface area contributed by atoms with E-state index in [9.17, 15) is 4.79 Å². The molecular formula is C14H13Cl2N3O2S. The third-order valence-electron chi connectivity index (χ3n) is 2.57. The van der Waals surface area contributed by atoms with E-state index >= 15 is 0 Å². The van der Waals surface area contributed by atoms with Crippen molar-refractivity contribution in [3.63, 3.8) is 0 Å². The Labute approximate surface area is 142 Å². The summed E-state index contributed by atoms with van der Waals surface area (Å²) in [6.07, 6.45) is 3.24. The zero-order valence-corrected chi connectivity index (χ0v) is 14.0. The molecule has 116 valence electrons. The molecule has 0 bridgehead atoms. The first-order valence-corrected chi connectivity index (χ1v) is 8.31. The lowest BCUT2D eigenvalue weighted by Gasteiger charge is -2.08. The molecule has 1 aromatic heterocycles. The molecule has 0 aliphatic heterocycles. The van der Waals surface area contributed by atoms with E-state index in [-0.39, 0.29) is 16.6 Å². The van der Waals surface area contributed by atoms with E-state index in [1.165, 1.54) is 18.0 Å². The SMILES string of the molecule is CSc1ncc(Cl)c(C(=O)NCCOc2cccc(Cl)c2)n1. The first kappa shape index (κ1) is 16.9. The van der Waals surface area contributed by atoms with Crippen LogP contribution in [0.1, 0.15) is 10.5 Å². The molecule has 0 saturated carbocycles. The number of rotatable bonds is 6. The Balaban J connectivity index is 1.85. The van der Waals surface area contributed by atoms with Crippen LogP contribution in [0.15, 0.2) is 35.6 Å². The van der Waals surface area contributed by atoms with Gasteiger partial charge in [0.1, 0.15) is 12.4 Å². The first-order chi connectivity index (χ1) is 10.6. The zero-order chi connectivity index (χ0) is 15.9. The van der Waals surface area contributed by atoms with Crippen LogP contribution in [0.25, 0.3) is 0 Å². The molecule has 2 aromatic rings. The Kier molecular flexibility index (Phi) is 6.30. The minimum atomic E-state index is -0.364. The Morgan fingerprint density at radius 2 is 2.23 bits per heavy atom. The molecule has 1 heterocycles. The fourth-order valence-corrected chi connectivity index (χ4v) is 2.28. The molecule has 0 spiro atoms. The van der Waals surface area contributed by atoms with E-state index in [1.807, 2.05) is 6.26 Å². The van der Waals surface area contributed by atoms with Crippen molar-refractivity contribution in [3.05, 3.63) is 46.2 Å². The van der Waals surface area contributed by atoms with Gasteiger partial charge in [0, 0.05) is 5.02 Å². The summed E-state index contributed by atoms with van der Waals surface area (Å²) in [6, 6.07) is 7.05. The van der Waals surface area contributed by atoms with Gasteiger partial charge in [0.25, 0.3) is 5.91 Å². The van der Waals surface area contributed by atoms with Gasteiger partial charge in [0.05, 0.1) is 17.8 Å². The molecule has 1 aromatic carbocycles. The minimum Gasteiger partial charge on any atom is -0.492 e. The lowest BCUT2D eigenvalue weighted by molar-refractivity contribution is 0.0941. The normalized spacial score (nSPS) is 10.3. The molecule has 0 fully saturated rings. The van der Waals surface area contributed by atoms with Crippen LogP contribution in [0.2, 0.25) is 10.0 Å². The number of nitrogens with one attached hydrogen (secondary N) is 1. The lowest BCUT2D eigenvalue weighted by atomic mass is 10.3. The standard InChI is InChI=1S/C14H13Cl2N3O2S/c1-22-14-18-8-11(16)12(19-14)13(20)17-5-6-21-10-4-2-3-9(15)7-10/h2-4,7-8H,5-6H2,1H3,(H,17,20). The van der Waals surface area contributed by atoms with E-state index in [2.05, 4.69) is 15.3 Å². The molecule has 5 nitrogen and oxygen atoms in total. The number of ether oxygens (including phenoxy) is 1. The molecule has 0 unspecified atom stereocenters. The van der Waals surface area contributed by atoms with Gasteiger partial charge in [-0.25, -0.2) is 9.97 Å². The molecule has 0 aliphatic rings. The third-order valence-corrected chi connectivity index (χ3v) is 3.65. The van der Waals surface area contributed by atoms with Gasteiger partial charge < -0.3 is 10.1 Å². The number of carbonyl (C=O) groups excluding carboxylic acids is 1. The highest BCUT2D eigenvalue weighted by Gasteiger charge is 2.13. The molecule has 0 radical (unpaired) electrons. The highest BCUT2D eigenvalue weighted by Crippen LogP contribution is 2.17. The Morgan fingerprint density at radius 1 is 1.41 bits per heavy atom. The van der Waals surface area contributed by atoms with Crippen molar-refractivity contribution in [3.8, 4) is 5.75 Å². The lowest BCUT2D eigenvalue weighted by Crippen LogP contribution is -2.29. The van der Waals surface area contributed by atoms with Crippen molar-refractivity contribution >= 4 is 40.9 Å². The zero-order valence-electron chi connectivity index (χ0n) is 11.7. The average molecular weight is 358 g/mol. The fraction of sp³-hybridized carbons (Fsp3) is 0.214. The Hall–Kier alpha value is -1.50. The van der Waals surface area contributed by atoms with Crippen molar-refractivity contribution in [2.75, 3.05) is 19.4 Å². The second-order valence-corrected chi connectivity index (χ2v) is 5.73. The number of hydrogen-bond donors (Lipinski definition) is 1. The van der Waals surface area contributed by atoms with Gasteiger partial charge in [0.15, 0.2) is 10.9 Å². The van der Waals surface area contributed by atoms with Crippen LogP contribution in [0.4, 0.5) is 0 Å². The Morgan fingerprint density at radius 3 is 2.95 bits per heavy atom. The number of halogens is 2. The largest absolute Gasteiger partial charge is 0.492 e. The summed E-state index contributed by atoms with van der Waals surface area (Å²) in [7, 11) is 0. The smallest absolute Gasteiger partial charge is 0.271 e. The van der Waals surface area contributed by atoms with Crippen molar-refractivity contribution < 1.29 is 9.53 Å². The van der Waals surface area contributed by atoms with Gasteiger partial charge in [0.2, 0.25) is 0 Å². The van der Waals surface area contributed by atoms with Gasteiger partial charge in [-0.1, -0.05) is 41.0 Å². The van der Waals surface area contributed by atoms with Crippen LogP contribution in [0.3, 0.4) is 0 Å². The number of aromatic nitrogens is 2. The maximum Gasteiger partial charge on any atom is 0.271 e. The maximum atomic E-state index is 12.0. The van der Waals surface area contributed by atoms with Crippen LogP contribution in [-0.2, 0) is 0 Å². The number of carbonyl (C=O) groups is 1. The number of thioether (sulfide) groups is 1. The Bertz CT molecular complexity index is 670. The van der Waals surface area contributed by atoms with Crippen molar-refractivity contribution in [1.82, 2.24) is 15.3 Å². The molecule has 0 saturated heterocycles. The number of hydrogen-bond acceptors (Lipinski definition) is 5. The fourth-order valence-electron chi connectivity index (χ4n) is 1.58. The summed E-state index contributed by atoms with van der Waals surface area (Å²) < 4.78 is 5.48. The summed E-state index contributed by atoms with van der Waals surface area (Å²) in [5.41, 5.74) is 0.156. The summed E-state index contributed by atoms with van der Waals surface area (Å²) in [5, 5.41) is 4.00. The summed E-state index contributed by atoms with van der Waals surface area (Å²) in [4.78, 5) is 20.1. The summed E-state index contributed by atoms with van der Waals surface area (Å²) in [6.45, 7) is 0.629. The molecule has 22 heavy (non-hydrogen) atoms. The third kappa shape index (κ3) is 4.76. The maximum absolute atomic E-state index is 12.0. The van der Waals surface area contributed by atoms with Crippen LogP contribution in [-0.4, -0.2) is 35.3 Å². The average Bonchev–Trinajstić information content (AvgIpc) is 2.52. The predicted molar refractivity (Wildman–Crippen MR) is 88.1 cm³/mol. The van der Waals surface area contributed by atoms with Gasteiger partial charge in [-0.3, -0.25) is 4.79 Å². The molecular weight excluding hydrogens is 345 g/mol. The van der Waals surface area contributed by atoms with Gasteiger partial charge >= 0.3 is 0 Å². The highest BCUT2D eigenvalue weighted by molar-refractivity contribution is 7.98. The molecule has 1 amide bonds. The monoisotopic (exact) mass is 357 g/mol. The van der Waals surface area contributed by atoms with E-state index in [1.54, 1.807) is 24.3 Å². The van der Waals surface area contributed by atoms with Crippen molar-refractivity contribution in [2.24, 2.45) is 0 Å². The van der Waals surface area contributed by atoms with E-state index < -0.39 is 0 Å². The van der Waals surface area contributed by atoms with Crippen LogP contribution in [0, 0.1) is 0 Å². The number of nitrogens with zero attached hydrogens (tertiary/aromatic N) is 2. The van der Waals surface area contributed by atoms with Gasteiger partial charge in [-0.2, -0.15) is 0 Å². The molecule has 8 heteroatoms. The van der Waals surface area contributed by atoms with E-state index in [4.69, 9.17) is 27.9 Å². The highest BCUT2D eigenvalue weighted by atomic mass is 35.5.